The Labute approximate surface area is 109 Å². The van der Waals surface area contributed by atoms with E-state index >= 15 is 0 Å². The largest absolute Gasteiger partial charge is 0.495 e. The highest BCUT2D eigenvalue weighted by molar-refractivity contribution is 6.37. The van der Waals surface area contributed by atoms with Gasteiger partial charge in [0.15, 0.2) is 0 Å². The van der Waals surface area contributed by atoms with Crippen molar-refractivity contribution in [2.75, 3.05) is 14.2 Å². The summed E-state index contributed by atoms with van der Waals surface area (Å²) in [4.78, 5) is 4.28. The number of hydrogen-bond donors (Lipinski definition) is 0. The van der Waals surface area contributed by atoms with Crippen molar-refractivity contribution in [1.29, 1.82) is 0 Å². The van der Waals surface area contributed by atoms with Gasteiger partial charge in [-0.2, -0.15) is 0 Å². The molecule has 0 aliphatic carbocycles. The predicted molar refractivity (Wildman–Crippen MR) is 69.6 cm³/mol. The van der Waals surface area contributed by atoms with Crippen molar-refractivity contribution >= 4 is 34.1 Å². The van der Waals surface area contributed by atoms with Gasteiger partial charge in [-0.05, 0) is 18.6 Å². The third-order valence-electron chi connectivity index (χ3n) is 2.54. The van der Waals surface area contributed by atoms with Crippen molar-refractivity contribution in [3.63, 3.8) is 0 Å². The number of halogens is 2. The summed E-state index contributed by atoms with van der Waals surface area (Å²) in [7, 11) is 3.13. The van der Waals surface area contributed by atoms with E-state index in [4.69, 9.17) is 32.7 Å². The Morgan fingerprint density at radius 2 is 1.71 bits per heavy atom. The predicted octanol–water partition coefficient (Wildman–Crippen LogP) is 3.87. The molecule has 0 aliphatic rings. The van der Waals surface area contributed by atoms with E-state index in [2.05, 4.69) is 4.98 Å². The number of pyridine rings is 1. The van der Waals surface area contributed by atoms with E-state index in [1.807, 2.05) is 13.0 Å². The Balaban J connectivity index is 2.89. The van der Waals surface area contributed by atoms with Gasteiger partial charge in [0.1, 0.15) is 22.2 Å². The Morgan fingerprint density at radius 1 is 1.06 bits per heavy atom. The molecule has 90 valence electrons. The molecule has 2 rings (SSSR count). The van der Waals surface area contributed by atoms with Crippen molar-refractivity contribution in [1.82, 2.24) is 4.98 Å². The second-order valence-electron chi connectivity index (χ2n) is 3.59. The van der Waals surface area contributed by atoms with Gasteiger partial charge < -0.3 is 9.47 Å². The Hall–Kier alpha value is -1.19. The summed E-state index contributed by atoms with van der Waals surface area (Å²) in [5, 5.41) is 1.72. The third kappa shape index (κ3) is 2.01. The standard InChI is InChI=1S/C12H11Cl2NO2/c1-6-4-7-10(13)8(16-2)5-9(17-3)11(7)15-12(6)14/h4-5H,1-3H3. The molecule has 2 aromatic rings. The quantitative estimate of drug-likeness (QED) is 0.778. The molecular formula is C12H11Cl2NO2. The summed E-state index contributed by atoms with van der Waals surface area (Å²) < 4.78 is 10.5. The first-order valence-corrected chi connectivity index (χ1v) is 5.71. The second kappa shape index (κ2) is 4.59. The van der Waals surface area contributed by atoms with E-state index in [1.165, 1.54) is 0 Å². The molecule has 0 aliphatic heterocycles. The molecule has 1 heterocycles. The van der Waals surface area contributed by atoms with Gasteiger partial charge in [0.2, 0.25) is 0 Å². The zero-order valence-corrected chi connectivity index (χ0v) is 11.2. The zero-order valence-electron chi connectivity index (χ0n) is 9.67. The molecule has 0 unspecified atom stereocenters. The van der Waals surface area contributed by atoms with Crippen molar-refractivity contribution < 1.29 is 9.47 Å². The first-order chi connectivity index (χ1) is 8.08. The molecule has 0 radical (unpaired) electrons. The average Bonchev–Trinajstić information content (AvgIpc) is 2.32. The molecular weight excluding hydrogens is 261 g/mol. The van der Waals surface area contributed by atoms with Crippen molar-refractivity contribution in [2.45, 2.75) is 6.92 Å². The molecule has 0 amide bonds. The van der Waals surface area contributed by atoms with Gasteiger partial charge in [0.25, 0.3) is 0 Å². The number of ether oxygens (including phenoxy) is 2. The molecule has 0 atom stereocenters. The van der Waals surface area contributed by atoms with Crippen LogP contribution < -0.4 is 9.47 Å². The smallest absolute Gasteiger partial charge is 0.148 e. The number of fused-ring (bicyclic) bond motifs is 1. The third-order valence-corrected chi connectivity index (χ3v) is 3.31. The molecule has 3 nitrogen and oxygen atoms in total. The SMILES string of the molecule is COc1cc(OC)c2nc(Cl)c(C)cc2c1Cl. The van der Waals surface area contributed by atoms with Crippen LogP contribution in [0.1, 0.15) is 5.56 Å². The van der Waals surface area contributed by atoms with E-state index in [0.29, 0.717) is 27.2 Å². The van der Waals surface area contributed by atoms with Gasteiger partial charge >= 0.3 is 0 Å². The Kier molecular flexibility index (Phi) is 3.31. The topological polar surface area (TPSA) is 31.4 Å². The van der Waals surface area contributed by atoms with Crippen LogP contribution in [0.2, 0.25) is 10.2 Å². The van der Waals surface area contributed by atoms with Crippen LogP contribution in [0.5, 0.6) is 11.5 Å². The highest BCUT2D eigenvalue weighted by Crippen LogP contribution is 2.39. The van der Waals surface area contributed by atoms with E-state index < -0.39 is 0 Å². The van der Waals surface area contributed by atoms with Gasteiger partial charge in [-0.3, -0.25) is 0 Å². The fourth-order valence-corrected chi connectivity index (χ4v) is 2.05. The van der Waals surface area contributed by atoms with Crippen molar-refractivity contribution in [2.24, 2.45) is 0 Å². The van der Waals surface area contributed by atoms with Crippen LogP contribution in [0.3, 0.4) is 0 Å². The van der Waals surface area contributed by atoms with Crippen LogP contribution in [-0.2, 0) is 0 Å². The molecule has 0 fully saturated rings. The normalized spacial score (nSPS) is 10.6. The molecule has 5 heteroatoms. The highest BCUT2D eigenvalue weighted by atomic mass is 35.5. The number of aryl methyl sites for hydroxylation is 1. The summed E-state index contributed by atoms with van der Waals surface area (Å²) in [6.45, 7) is 1.87. The van der Waals surface area contributed by atoms with Crippen LogP contribution in [-0.4, -0.2) is 19.2 Å². The molecule has 0 bridgehead atoms. The zero-order chi connectivity index (χ0) is 12.6. The first-order valence-electron chi connectivity index (χ1n) is 4.95. The number of hydrogen-bond acceptors (Lipinski definition) is 3. The Bertz CT molecular complexity index is 584. The molecule has 0 saturated heterocycles. The summed E-state index contributed by atoms with van der Waals surface area (Å²) in [5.74, 6) is 1.14. The number of aromatic nitrogens is 1. The van der Waals surface area contributed by atoms with E-state index in [1.54, 1.807) is 20.3 Å². The Morgan fingerprint density at radius 3 is 2.29 bits per heavy atom. The van der Waals surface area contributed by atoms with E-state index in [0.717, 1.165) is 10.9 Å². The maximum Gasteiger partial charge on any atom is 0.148 e. The van der Waals surface area contributed by atoms with Crippen LogP contribution in [0, 0.1) is 6.92 Å². The summed E-state index contributed by atoms with van der Waals surface area (Å²) in [5.41, 5.74) is 1.49. The number of nitrogens with zero attached hydrogens (tertiary/aromatic N) is 1. The molecule has 0 N–H and O–H groups in total. The molecule has 0 spiro atoms. The maximum atomic E-state index is 6.23. The average molecular weight is 272 g/mol. The second-order valence-corrected chi connectivity index (χ2v) is 4.32. The lowest BCUT2D eigenvalue weighted by molar-refractivity contribution is 0.397. The first kappa shape index (κ1) is 12.3. The van der Waals surface area contributed by atoms with Crippen LogP contribution >= 0.6 is 23.2 Å². The molecule has 17 heavy (non-hydrogen) atoms. The van der Waals surface area contributed by atoms with Crippen LogP contribution in [0.25, 0.3) is 10.9 Å². The lowest BCUT2D eigenvalue weighted by Crippen LogP contribution is -1.94. The van der Waals surface area contributed by atoms with Crippen LogP contribution in [0.15, 0.2) is 12.1 Å². The van der Waals surface area contributed by atoms with E-state index in [9.17, 15) is 0 Å². The van der Waals surface area contributed by atoms with Gasteiger partial charge in [-0.25, -0.2) is 4.98 Å². The monoisotopic (exact) mass is 271 g/mol. The van der Waals surface area contributed by atoms with Gasteiger partial charge in [-0.15, -0.1) is 0 Å². The van der Waals surface area contributed by atoms with Crippen molar-refractivity contribution in [3.05, 3.63) is 27.9 Å². The molecule has 1 aromatic heterocycles. The van der Waals surface area contributed by atoms with Crippen molar-refractivity contribution in [3.8, 4) is 11.5 Å². The lowest BCUT2D eigenvalue weighted by Gasteiger charge is -2.11. The number of rotatable bonds is 2. The fraction of sp³-hybridized carbons (Fsp3) is 0.250. The fourth-order valence-electron chi connectivity index (χ4n) is 1.63. The van der Waals surface area contributed by atoms with Gasteiger partial charge in [-0.1, -0.05) is 23.2 Å². The molecule has 1 aromatic carbocycles. The van der Waals surface area contributed by atoms with Gasteiger partial charge in [0.05, 0.1) is 19.2 Å². The minimum atomic E-state index is 0.442. The summed E-state index contributed by atoms with van der Waals surface area (Å²) >= 11 is 12.2. The minimum absolute atomic E-state index is 0.442. The minimum Gasteiger partial charge on any atom is -0.495 e. The van der Waals surface area contributed by atoms with Gasteiger partial charge in [0, 0.05) is 11.5 Å². The number of benzene rings is 1. The lowest BCUT2D eigenvalue weighted by atomic mass is 10.1. The summed E-state index contributed by atoms with van der Waals surface area (Å²) in [6, 6.07) is 3.57. The van der Waals surface area contributed by atoms with E-state index in [-0.39, 0.29) is 0 Å². The maximum absolute atomic E-state index is 6.23. The number of methoxy groups -OCH3 is 2. The summed E-state index contributed by atoms with van der Waals surface area (Å²) in [6.07, 6.45) is 0. The molecule has 0 saturated carbocycles. The van der Waals surface area contributed by atoms with Crippen LogP contribution in [0.4, 0.5) is 0 Å². The highest BCUT2D eigenvalue weighted by Gasteiger charge is 2.14.